The van der Waals surface area contributed by atoms with E-state index in [1.54, 1.807) is 13.0 Å². The van der Waals surface area contributed by atoms with Crippen LogP contribution in [-0.2, 0) is 0 Å². The normalized spacial score (nSPS) is 17.0. The Kier molecular flexibility index (Phi) is 4.10. The summed E-state index contributed by atoms with van der Waals surface area (Å²) in [5, 5.41) is 8.73. The van der Waals surface area contributed by atoms with Gasteiger partial charge >= 0.3 is 0 Å². The van der Waals surface area contributed by atoms with E-state index in [0.717, 1.165) is 6.92 Å². The molecule has 0 aliphatic carbocycles. The van der Waals surface area contributed by atoms with Gasteiger partial charge in [-0.15, -0.1) is 0 Å². The van der Waals surface area contributed by atoms with E-state index in [0.29, 0.717) is 0 Å². The first-order valence-corrected chi connectivity index (χ1v) is 3.78. The highest BCUT2D eigenvalue weighted by Gasteiger charge is 2.36. The predicted molar refractivity (Wildman–Crippen MR) is 45.2 cm³/mol. The van der Waals surface area contributed by atoms with Crippen LogP contribution in [0.15, 0.2) is 23.8 Å². The van der Waals surface area contributed by atoms with Gasteiger partial charge in [-0.25, -0.2) is 0 Å². The molecule has 1 nitrogen and oxygen atoms in total. The van der Waals surface area contributed by atoms with Gasteiger partial charge in [0.15, 0.2) is 0 Å². The monoisotopic (exact) mass is 176 g/mol. The Morgan fingerprint density at radius 1 is 1.50 bits per heavy atom. The summed E-state index contributed by atoms with van der Waals surface area (Å²) in [6.07, 6.45) is 2.83. The largest absolute Gasteiger partial charge is 0.387 e. The third kappa shape index (κ3) is 2.74. The fraction of sp³-hybridized carbons (Fsp3) is 0.556. The number of hydrogen-bond donors (Lipinski definition) is 1. The van der Waals surface area contributed by atoms with Crippen LogP contribution >= 0.6 is 0 Å². The van der Waals surface area contributed by atoms with Crippen LogP contribution in [0.25, 0.3) is 0 Å². The quantitative estimate of drug-likeness (QED) is 0.655. The molecule has 1 atom stereocenters. The van der Waals surface area contributed by atoms with Gasteiger partial charge in [0.05, 0.1) is 0 Å². The summed E-state index contributed by atoms with van der Waals surface area (Å²) >= 11 is 0. The van der Waals surface area contributed by atoms with E-state index < -0.39 is 12.0 Å². The molecule has 0 aromatic heterocycles. The molecule has 1 unspecified atom stereocenters. The van der Waals surface area contributed by atoms with Crippen molar-refractivity contribution in [1.82, 2.24) is 0 Å². The zero-order valence-corrected chi connectivity index (χ0v) is 7.51. The lowest BCUT2D eigenvalue weighted by molar-refractivity contribution is -0.0687. The lowest BCUT2D eigenvalue weighted by Gasteiger charge is -2.19. The van der Waals surface area contributed by atoms with Crippen LogP contribution in [0, 0.1) is 0 Å². The van der Waals surface area contributed by atoms with Crippen LogP contribution in [0.2, 0.25) is 0 Å². The summed E-state index contributed by atoms with van der Waals surface area (Å²) in [5.74, 6) is -3.13. The van der Waals surface area contributed by atoms with E-state index in [1.165, 1.54) is 19.1 Å². The maximum Gasteiger partial charge on any atom is 0.294 e. The van der Waals surface area contributed by atoms with Crippen LogP contribution in [0.4, 0.5) is 8.78 Å². The van der Waals surface area contributed by atoms with Gasteiger partial charge in [-0.3, -0.25) is 0 Å². The third-order valence-electron chi connectivity index (χ3n) is 1.59. The molecule has 0 radical (unpaired) electrons. The Bertz CT molecular complexity index is 193. The molecular formula is C9H14F2O. The first kappa shape index (κ1) is 11.3. The molecule has 0 rings (SSSR count). The van der Waals surface area contributed by atoms with E-state index in [4.69, 9.17) is 5.11 Å². The standard InChI is InChI=1S/C9H14F2O/c1-4-5-6-7(2)9(10,11)8(3)12/h4-6,8,12H,1-3H3. The number of alkyl halides is 2. The van der Waals surface area contributed by atoms with Crippen molar-refractivity contribution >= 4 is 0 Å². The van der Waals surface area contributed by atoms with Crippen molar-refractivity contribution in [2.24, 2.45) is 0 Å². The van der Waals surface area contributed by atoms with Gasteiger partial charge in [-0.1, -0.05) is 18.2 Å². The average molecular weight is 176 g/mol. The molecule has 3 heteroatoms. The highest BCUT2D eigenvalue weighted by Crippen LogP contribution is 2.27. The molecule has 0 heterocycles. The molecule has 0 spiro atoms. The van der Waals surface area contributed by atoms with Crippen molar-refractivity contribution in [3.8, 4) is 0 Å². The molecule has 0 bridgehead atoms. The maximum atomic E-state index is 12.9. The van der Waals surface area contributed by atoms with Gasteiger partial charge in [0.1, 0.15) is 6.10 Å². The minimum Gasteiger partial charge on any atom is -0.387 e. The molecule has 0 saturated carbocycles. The van der Waals surface area contributed by atoms with Crippen LogP contribution in [0.5, 0.6) is 0 Å². The second kappa shape index (κ2) is 4.36. The van der Waals surface area contributed by atoms with Gasteiger partial charge in [-0.2, -0.15) is 8.78 Å². The van der Waals surface area contributed by atoms with E-state index in [2.05, 4.69) is 0 Å². The molecule has 12 heavy (non-hydrogen) atoms. The Morgan fingerprint density at radius 2 is 2.00 bits per heavy atom. The summed E-state index contributed by atoms with van der Waals surface area (Å²) in [6, 6.07) is 0. The molecule has 0 aromatic carbocycles. The number of hydrogen-bond acceptors (Lipinski definition) is 1. The van der Waals surface area contributed by atoms with Gasteiger partial charge in [-0.05, 0) is 26.3 Å². The molecule has 0 aromatic rings. The van der Waals surface area contributed by atoms with E-state index >= 15 is 0 Å². The SMILES string of the molecule is CC=CC=C(C)C(F)(F)C(C)O. The number of aliphatic hydroxyl groups excluding tert-OH is 1. The summed E-state index contributed by atoms with van der Waals surface area (Å²) in [6.45, 7) is 4.12. The predicted octanol–water partition coefficient (Wildman–Crippen LogP) is 2.52. The molecule has 0 saturated heterocycles. The Morgan fingerprint density at radius 3 is 2.33 bits per heavy atom. The van der Waals surface area contributed by atoms with Crippen molar-refractivity contribution in [1.29, 1.82) is 0 Å². The minimum absolute atomic E-state index is 0.129. The van der Waals surface area contributed by atoms with Crippen molar-refractivity contribution in [3.63, 3.8) is 0 Å². The summed E-state index contributed by atoms with van der Waals surface area (Å²) in [4.78, 5) is 0. The van der Waals surface area contributed by atoms with Gasteiger partial charge < -0.3 is 5.11 Å². The molecule has 0 amide bonds. The number of allylic oxidation sites excluding steroid dienone is 3. The van der Waals surface area contributed by atoms with Crippen molar-refractivity contribution in [2.45, 2.75) is 32.8 Å². The topological polar surface area (TPSA) is 20.2 Å². The summed E-state index contributed by atoms with van der Waals surface area (Å²) in [5.41, 5.74) is -0.129. The lowest BCUT2D eigenvalue weighted by atomic mass is 10.1. The van der Waals surface area contributed by atoms with Crippen LogP contribution in [-0.4, -0.2) is 17.1 Å². The lowest BCUT2D eigenvalue weighted by Crippen LogP contribution is -2.31. The summed E-state index contributed by atoms with van der Waals surface area (Å²) < 4.78 is 25.8. The van der Waals surface area contributed by atoms with Crippen LogP contribution < -0.4 is 0 Å². The number of aliphatic hydroxyl groups is 1. The summed E-state index contributed by atoms with van der Waals surface area (Å²) in [7, 11) is 0. The van der Waals surface area contributed by atoms with Crippen LogP contribution in [0.3, 0.4) is 0 Å². The number of rotatable bonds is 3. The smallest absolute Gasteiger partial charge is 0.294 e. The Labute approximate surface area is 71.4 Å². The molecule has 0 aliphatic heterocycles. The first-order chi connectivity index (χ1) is 5.42. The van der Waals surface area contributed by atoms with E-state index in [1.807, 2.05) is 0 Å². The molecule has 70 valence electrons. The van der Waals surface area contributed by atoms with Gasteiger partial charge in [0.25, 0.3) is 5.92 Å². The van der Waals surface area contributed by atoms with Crippen LogP contribution in [0.1, 0.15) is 20.8 Å². The third-order valence-corrected chi connectivity index (χ3v) is 1.59. The van der Waals surface area contributed by atoms with Crippen molar-refractivity contribution in [2.75, 3.05) is 0 Å². The zero-order chi connectivity index (χ0) is 9.78. The maximum absolute atomic E-state index is 12.9. The molecule has 0 aliphatic rings. The second-order valence-corrected chi connectivity index (χ2v) is 2.67. The molecule has 1 N–H and O–H groups in total. The average Bonchev–Trinajstić information content (AvgIpc) is 1.99. The van der Waals surface area contributed by atoms with Gasteiger partial charge in [0, 0.05) is 0 Å². The van der Waals surface area contributed by atoms with Crippen molar-refractivity contribution in [3.05, 3.63) is 23.8 Å². The number of halogens is 2. The second-order valence-electron chi connectivity index (χ2n) is 2.67. The van der Waals surface area contributed by atoms with E-state index in [-0.39, 0.29) is 5.57 Å². The Hall–Kier alpha value is -0.700. The molecular weight excluding hydrogens is 162 g/mol. The Balaban J connectivity index is 4.55. The first-order valence-electron chi connectivity index (χ1n) is 3.78. The molecule has 0 fully saturated rings. The minimum atomic E-state index is -3.13. The highest BCUT2D eigenvalue weighted by atomic mass is 19.3. The fourth-order valence-electron chi connectivity index (χ4n) is 0.681. The zero-order valence-electron chi connectivity index (χ0n) is 7.51. The highest BCUT2D eigenvalue weighted by molar-refractivity contribution is 5.18. The van der Waals surface area contributed by atoms with E-state index in [9.17, 15) is 8.78 Å². The van der Waals surface area contributed by atoms with Crippen molar-refractivity contribution < 1.29 is 13.9 Å². The van der Waals surface area contributed by atoms with Gasteiger partial charge in [0.2, 0.25) is 0 Å². The fourth-order valence-corrected chi connectivity index (χ4v) is 0.681.